The van der Waals surface area contributed by atoms with Crippen LogP contribution in [0.25, 0.3) is 0 Å². The lowest BCUT2D eigenvalue weighted by Crippen LogP contribution is -2.20. The van der Waals surface area contributed by atoms with E-state index < -0.39 is 5.96 Å². The van der Waals surface area contributed by atoms with Gasteiger partial charge < -0.3 is 11.4 Å². The van der Waals surface area contributed by atoms with Crippen molar-refractivity contribution < 1.29 is 7.06 Å². The van der Waals surface area contributed by atoms with E-state index in [4.69, 9.17) is 7.06 Å². The summed E-state index contributed by atoms with van der Waals surface area (Å²) in [6, 6.07) is 0. The van der Waals surface area contributed by atoms with Crippen LogP contribution in [-0.2, 0) is 0 Å². The van der Waals surface area contributed by atoms with Gasteiger partial charge in [-0.2, -0.15) is 0 Å². The molecule has 0 aliphatic carbocycles. The van der Waals surface area contributed by atoms with Gasteiger partial charge in [-0.05, 0) is 0 Å². The van der Waals surface area contributed by atoms with Gasteiger partial charge in [0.2, 0.25) is 0 Å². The summed E-state index contributed by atoms with van der Waals surface area (Å²) in [7, 11) is 0. The quantitative estimate of drug-likeness (QED) is 0.245. The van der Waals surface area contributed by atoms with E-state index in [0.717, 1.165) is 0 Å². The zero-order valence-corrected chi connectivity index (χ0v) is 1.84. The molecule has 0 saturated carbocycles. The Balaban J connectivity index is 4.01. The number of nitrogens with two attached hydrogens (primary N) is 2. The standard InChI is InChI=1S/CH5N3/c2-1(3)4/h(H5,2,3,4)/i/hD5. The number of guanidine groups is 1. The zero-order chi connectivity index (χ0) is 7.44. The molecular formula is CH5N3. The highest BCUT2D eigenvalue weighted by Gasteiger charge is 1.52. The van der Waals surface area contributed by atoms with Crippen LogP contribution in [0.5, 0.6) is 0 Å². The molecule has 0 amide bonds. The fourth-order valence-electron chi connectivity index (χ4n) is 0. The van der Waals surface area contributed by atoms with Gasteiger partial charge in [-0.15, -0.1) is 0 Å². The highest BCUT2D eigenvalue weighted by molar-refractivity contribution is 5.71. The van der Waals surface area contributed by atoms with E-state index in [1.54, 1.807) is 0 Å². The van der Waals surface area contributed by atoms with Crippen molar-refractivity contribution in [2.45, 2.75) is 0 Å². The Morgan fingerprint density at radius 3 is 3.00 bits per heavy atom. The van der Waals surface area contributed by atoms with Gasteiger partial charge in [-0.3, -0.25) is 5.40 Å². The molecule has 4 heavy (non-hydrogen) atoms. The molecule has 0 fully saturated rings. The van der Waals surface area contributed by atoms with Crippen LogP contribution in [-0.4, -0.2) is 5.96 Å². The first-order chi connectivity index (χ1) is 4.09. The van der Waals surface area contributed by atoms with Gasteiger partial charge >= 0.3 is 0 Å². The number of hydrogen-bond acceptors (Lipinski definition) is 1. The Kier molecular flexibility index (Phi) is 0.0566. The molecule has 24 valence electrons. The molecule has 3 heteroatoms. The first-order valence-electron chi connectivity index (χ1n) is 2.91. The van der Waals surface area contributed by atoms with Gasteiger partial charge in [0.1, 0.15) is 0 Å². The average molecular weight is 64.1 g/mol. The van der Waals surface area contributed by atoms with Crippen LogP contribution in [0.2, 0.25) is 7.06 Å². The predicted octanol–water partition coefficient (Wildman–Crippen LogP) is -1.16. The summed E-state index contributed by atoms with van der Waals surface area (Å²) in [5, 5.41) is 2.56. The maximum absolute atomic E-state index is 6.43. The van der Waals surface area contributed by atoms with Crippen molar-refractivity contribution in [1.29, 1.82) is 5.40 Å². The van der Waals surface area contributed by atoms with Crippen molar-refractivity contribution in [3.8, 4) is 0 Å². The second kappa shape index (κ2) is 0.711. The molecule has 0 heterocycles. The summed E-state index contributed by atoms with van der Waals surface area (Å²) in [4.78, 5) is 0. The molecule has 0 atom stereocenters. The van der Waals surface area contributed by atoms with E-state index in [1.165, 1.54) is 0 Å². The van der Waals surface area contributed by atoms with E-state index >= 15 is 0 Å². The largest absolute Gasteiger partial charge is 0.370 e. The summed E-state index contributed by atoms with van der Waals surface area (Å²) in [6.07, 6.45) is 0. The van der Waals surface area contributed by atoms with Crippen LogP contribution in [0, 0.1) is 5.40 Å². The number of rotatable bonds is 0. The van der Waals surface area contributed by atoms with Crippen molar-refractivity contribution >= 4 is 5.96 Å². The molecule has 0 saturated heterocycles. The SMILES string of the molecule is [2H]N=C(N([2H])[2H])N([2H])[2H]. The zero-order valence-electron chi connectivity index (χ0n) is 6.84. The molecule has 0 aromatic carbocycles. The lowest BCUT2D eigenvalue weighted by atomic mass is 11.1. The molecule has 0 aliphatic rings. The smallest absolute Gasteiger partial charge is 0.191 e. The highest BCUT2D eigenvalue weighted by atomic mass is 14.9. The number of nitrogens with one attached hydrogen (secondary N) is 1. The van der Waals surface area contributed by atoms with E-state index in [-0.39, 0.29) is 11.4 Å². The van der Waals surface area contributed by atoms with Crippen LogP contribution in [0.4, 0.5) is 0 Å². The average Bonchev–Trinajstić information content (AvgIpc) is 1.64. The van der Waals surface area contributed by atoms with Gasteiger partial charge in [0.15, 0.2) is 13.0 Å². The Labute approximate surface area is 31.4 Å². The summed E-state index contributed by atoms with van der Waals surface area (Å²) >= 11 is 0. The molecule has 0 spiro atoms. The van der Waals surface area contributed by atoms with Gasteiger partial charge in [-0.1, -0.05) is 0 Å². The van der Waals surface area contributed by atoms with Gasteiger partial charge in [0.05, 0.1) is 0 Å². The third-order valence-electron chi connectivity index (χ3n) is 0. The first kappa shape index (κ1) is 0.319. The van der Waals surface area contributed by atoms with Crippen molar-refractivity contribution in [2.24, 2.45) is 11.4 Å². The molecule has 0 aromatic rings. The van der Waals surface area contributed by atoms with Crippen molar-refractivity contribution in [1.82, 2.24) is 0 Å². The summed E-state index contributed by atoms with van der Waals surface area (Å²) in [5.74, 6) is -0.685. The molecule has 0 aromatic heterocycles. The lowest BCUT2D eigenvalue weighted by Gasteiger charge is -1.69. The van der Waals surface area contributed by atoms with Gasteiger partial charge in [-0.25, -0.2) is 0 Å². The molecule has 0 aliphatic heterocycles. The first-order valence-corrected chi connectivity index (χ1v) is 0.671. The molecule has 0 rings (SSSR count). The maximum atomic E-state index is 6.43. The number of hydrogen-bond donors (Lipinski definition) is 3. The molecule has 0 radical (unpaired) electrons. The van der Waals surface area contributed by atoms with Crippen LogP contribution in [0.15, 0.2) is 0 Å². The minimum atomic E-state index is -0.685. The maximum Gasteiger partial charge on any atom is 0.191 e. The lowest BCUT2D eigenvalue weighted by molar-refractivity contribution is 1.39. The van der Waals surface area contributed by atoms with Crippen LogP contribution >= 0.6 is 0 Å². The summed E-state index contributed by atoms with van der Waals surface area (Å²) in [6.45, 7) is 0. The third-order valence-corrected chi connectivity index (χ3v) is 0. The van der Waals surface area contributed by atoms with E-state index in [1.807, 2.05) is 0 Å². The molecular weight excluding hydrogens is 54.0 g/mol. The van der Waals surface area contributed by atoms with E-state index in [0.29, 0.717) is 0 Å². The van der Waals surface area contributed by atoms with Crippen LogP contribution in [0.1, 0.15) is 0 Å². The Morgan fingerprint density at radius 1 is 2.25 bits per heavy atom. The minimum Gasteiger partial charge on any atom is -0.370 e. The second-order valence-corrected chi connectivity index (χ2v) is 0.300. The highest BCUT2D eigenvalue weighted by Crippen LogP contribution is 1.13. The van der Waals surface area contributed by atoms with Crippen molar-refractivity contribution in [3.05, 3.63) is 0 Å². The van der Waals surface area contributed by atoms with Crippen molar-refractivity contribution in [2.75, 3.05) is 0 Å². The Bertz CT molecular complexity index is 98.8. The van der Waals surface area contributed by atoms with E-state index in [2.05, 4.69) is 5.40 Å². The predicted molar refractivity (Wildman–Crippen MR) is 16.1 cm³/mol. The Morgan fingerprint density at radius 2 is 3.00 bits per heavy atom. The van der Waals surface area contributed by atoms with E-state index in [9.17, 15) is 0 Å². The monoisotopic (exact) mass is 64.1 g/mol. The van der Waals surface area contributed by atoms with Crippen molar-refractivity contribution in [3.63, 3.8) is 0 Å². The summed E-state index contributed by atoms with van der Waals surface area (Å²) in [5.41, 5.74) is -0.181. The molecule has 0 unspecified atom stereocenters. The Hall–Kier alpha value is -0.730. The summed E-state index contributed by atoms with van der Waals surface area (Å²) < 4.78 is 32.0. The second-order valence-electron chi connectivity index (χ2n) is 0.300. The van der Waals surface area contributed by atoms with Crippen LogP contribution < -0.4 is 11.4 Å². The molecule has 3 nitrogen and oxygen atoms in total. The third kappa shape index (κ3) is 0.174. The topological polar surface area (TPSA) is 75.9 Å². The fraction of sp³-hybridized carbons (Fsp3) is 0. The molecule has 5 N–H and O–H groups in total. The minimum absolute atomic E-state index is 0.0903. The van der Waals surface area contributed by atoms with Crippen LogP contribution in [0.3, 0.4) is 0 Å². The van der Waals surface area contributed by atoms with Gasteiger partial charge in [0.25, 0.3) is 0 Å². The normalized spacial score (nSPS) is 20.5. The molecule has 0 bridgehead atoms. The fourth-order valence-corrected chi connectivity index (χ4v) is 0. The van der Waals surface area contributed by atoms with Gasteiger partial charge in [0, 0.05) is 0 Å².